The molecule has 2 unspecified atom stereocenters. The molecule has 0 aliphatic carbocycles. The number of aromatic nitrogens is 2. The fourth-order valence-corrected chi connectivity index (χ4v) is 3.33. The van der Waals surface area contributed by atoms with Gasteiger partial charge in [-0.2, -0.15) is 16.7 Å². The maximum Gasteiger partial charge on any atom is 0.232 e. The minimum atomic E-state index is 0.346. The molecule has 6 heteroatoms. The van der Waals surface area contributed by atoms with Crippen LogP contribution in [0.15, 0.2) is 4.52 Å². The summed E-state index contributed by atoms with van der Waals surface area (Å²) in [5.41, 5.74) is 0. The van der Waals surface area contributed by atoms with Gasteiger partial charge in [-0.1, -0.05) is 5.16 Å². The third-order valence-electron chi connectivity index (χ3n) is 2.93. The molecule has 0 saturated carbocycles. The van der Waals surface area contributed by atoms with Gasteiger partial charge in [0, 0.05) is 30.6 Å². The van der Waals surface area contributed by atoms with Crippen molar-refractivity contribution in [2.24, 2.45) is 0 Å². The Labute approximate surface area is 106 Å². The van der Waals surface area contributed by atoms with Crippen LogP contribution in [0.25, 0.3) is 0 Å². The predicted molar refractivity (Wildman–Crippen MR) is 67.4 cm³/mol. The van der Waals surface area contributed by atoms with Gasteiger partial charge in [-0.05, 0) is 14.0 Å². The number of likely N-dealkylation sites (N-methyl/N-ethyl adjacent to an activating group) is 1. The average molecular weight is 257 g/mol. The Morgan fingerprint density at radius 2 is 2.41 bits per heavy atom. The van der Waals surface area contributed by atoms with Crippen molar-refractivity contribution in [3.8, 4) is 0 Å². The molecule has 1 N–H and O–H groups in total. The van der Waals surface area contributed by atoms with Gasteiger partial charge in [0.2, 0.25) is 5.89 Å². The molecule has 5 nitrogen and oxygen atoms in total. The van der Waals surface area contributed by atoms with Crippen molar-refractivity contribution in [1.82, 2.24) is 15.5 Å². The molecule has 2 heterocycles. The number of rotatable bonds is 6. The topological polar surface area (TPSA) is 60.2 Å². The molecule has 1 fully saturated rings. The summed E-state index contributed by atoms with van der Waals surface area (Å²) in [6.07, 6.45) is 0.724. The second-order valence-corrected chi connectivity index (χ2v) is 5.11. The van der Waals surface area contributed by atoms with Crippen molar-refractivity contribution in [3.63, 3.8) is 0 Å². The van der Waals surface area contributed by atoms with E-state index in [0.717, 1.165) is 36.2 Å². The lowest BCUT2D eigenvalue weighted by Gasteiger charge is -2.13. The molecular formula is C11H19N3O2S. The van der Waals surface area contributed by atoms with E-state index in [4.69, 9.17) is 9.26 Å². The van der Waals surface area contributed by atoms with Gasteiger partial charge in [0.1, 0.15) is 0 Å². The smallest absolute Gasteiger partial charge is 0.232 e. The first-order valence-corrected chi connectivity index (χ1v) is 7.15. The number of hydrogen-bond acceptors (Lipinski definition) is 6. The first-order valence-electron chi connectivity index (χ1n) is 6.00. The predicted octanol–water partition coefficient (Wildman–Crippen LogP) is 1.07. The highest BCUT2D eigenvalue weighted by Crippen LogP contribution is 2.31. The van der Waals surface area contributed by atoms with Crippen molar-refractivity contribution < 1.29 is 9.26 Å². The molecule has 2 atom stereocenters. The van der Waals surface area contributed by atoms with Crippen LogP contribution in [0.1, 0.15) is 24.6 Å². The molecular weight excluding hydrogens is 238 g/mol. The number of nitrogens with zero attached hydrogens (tertiary/aromatic N) is 2. The first kappa shape index (κ1) is 12.9. The summed E-state index contributed by atoms with van der Waals surface area (Å²) in [4.78, 5) is 4.45. The minimum absolute atomic E-state index is 0.346. The normalized spacial score (nSPS) is 24.4. The Bertz CT molecular complexity index is 345. The van der Waals surface area contributed by atoms with Crippen LogP contribution in [0.3, 0.4) is 0 Å². The highest BCUT2D eigenvalue weighted by atomic mass is 32.2. The van der Waals surface area contributed by atoms with Gasteiger partial charge < -0.3 is 14.6 Å². The van der Waals surface area contributed by atoms with Crippen LogP contribution in [0.4, 0.5) is 0 Å². The van der Waals surface area contributed by atoms with Crippen molar-refractivity contribution in [2.75, 3.05) is 31.8 Å². The van der Waals surface area contributed by atoms with E-state index in [-0.39, 0.29) is 0 Å². The average Bonchev–Trinajstić information content (AvgIpc) is 2.96. The Kier molecular flexibility index (Phi) is 4.82. The second kappa shape index (κ2) is 6.37. The SMILES string of the molecule is CCOCCc1noc(C2CSCC2NC)n1. The highest BCUT2D eigenvalue weighted by Gasteiger charge is 2.32. The van der Waals surface area contributed by atoms with Crippen LogP contribution in [0.5, 0.6) is 0 Å². The maximum atomic E-state index is 5.34. The van der Waals surface area contributed by atoms with E-state index in [1.807, 2.05) is 25.7 Å². The summed E-state index contributed by atoms with van der Waals surface area (Å²) >= 11 is 1.93. The van der Waals surface area contributed by atoms with E-state index >= 15 is 0 Å². The molecule has 0 aromatic carbocycles. The lowest BCUT2D eigenvalue weighted by atomic mass is 10.0. The molecule has 1 saturated heterocycles. The lowest BCUT2D eigenvalue weighted by Crippen LogP contribution is -2.31. The highest BCUT2D eigenvalue weighted by molar-refractivity contribution is 7.99. The molecule has 0 bridgehead atoms. The molecule has 2 rings (SSSR count). The van der Waals surface area contributed by atoms with E-state index in [1.54, 1.807) is 0 Å². The van der Waals surface area contributed by atoms with Crippen LogP contribution in [0, 0.1) is 0 Å². The van der Waals surface area contributed by atoms with Gasteiger partial charge >= 0.3 is 0 Å². The van der Waals surface area contributed by atoms with Gasteiger partial charge in [0.05, 0.1) is 12.5 Å². The van der Waals surface area contributed by atoms with E-state index in [0.29, 0.717) is 18.6 Å². The van der Waals surface area contributed by atoms with Crippen LogP contribution in [-0.2, 0) is 11.2 Å². The van der Waals surface area contributed by atoms with Gasteiger partial charge in [0.25, 0.3) is 0 Å². The largest absolute Gasteiger partial charge is 0.381 e. The van der Waals surface area contributed by atoms with Crippen molar-refractivity contribution in [3.05, 3.63) is 11.7 Å². The van der Waals surface area contributed by atoms with Crippen LogP contribution >= 0.6 is 11.8 Å². The fraction of sp³-hybridized carbons (Fsp3) is 0.818. The zero-order valence-corrected chi connectivity index (χ0v) is 11.1. The molecule has 1 aromatic rings. The number of ether oxygens (including phenoxy) is 1. The molecule has 96 valence electrons. The first-order chi connectivity index (χ1) is 8.35. The van der Waals surface area contributed by atoms with E-state index < -0.39 is 0 Å². The Morgan fingerprint density at radius 3 is 3.18 bits per heavy atom. The molecule has 0 spiro atoms. The summed E-state index contributed by atoms with van der Waals surface area (Å²) < 4.78 is 10.6. The summed E-state index contributed by atoms with van der Waals surface area (Å²) in [5.74, 6) is 4.02. The van der Waals surface area contributed by atoms with E-state index in [2.05, 4.69) is 15.5 Å². The molecule has 1 aromatic heterocycles. The van der Waals surface area contributed by atoms with Gasteiger partial charge in [0.15, 0.2) is 5.82 Å². The summed E-state index contributed by atoms with van der Waals surface area (Å²) in [5, 5.41) is 7.30. The lowest BCUT2D eigenvalue weighted by molar-refractivity contribution is 0.149. The molecule has 1 aliphatic heterocycles. The van der Waals surface area contributed by atoms with Gasteiger partial charge in [-0.3, -0.25) is 0 Å². The summed E-state index contributed by atoms with van der Waals surface area (Å²) in [6, 6.07) is 0.445. The number of thioether (sulfide) groups is 1. The maximum absolute atomic E-state index is 5.34. The molecule has 17 heavy (non-hydrogen) atoms. The third kappa shape index (κ3) is 3.20. The van der Waals surface area contributed by atoms with Crippen molar-refractivity contribution in [1.29, 1.82) is 0 Å². The zero-order valence-electron chi connectivity index (χ0n) is 10.3. The monoisotopic (exact) mass is 257 g/mol. The van der Waals surface area contributed by atoms with Gasteiger partial charge in [-0.25, -0.2) is 0 Å². The Balaban J connectivity index is 1.93. The van der Waals surface area contributed by atoms with Crippen molar-refractivity contribution >= 4 is 11.8 Å². The van der Waals surface area contributed by atoms with Gasteiger partial charge in [-0.15, -0.1) is 0 Å². The molecule has 0 amide bonds. The van der Waals surface area contributed by atoms with E-state index in [9.17, 15) is 0 Å². The number of nitrogens with one attached hydrogen (secondary N) is 1. The third-order valence-corrected chi connectivity index (χ3v) is 4.12. The fourth-order valence-electron chi connectivity index (χ4n) is 1.91. The Morgan fingerprint density at radius 1 is 1.53 bits per heavy atom. The summed E-state index contributed by atoms with van der Waals surface area (Å²) in [6.45, 7) is 3.37. The van der Waals surface area contributed by atoms with E-state index in [1.165, 1.54) is 0 Å². The quantitative estimate of drug-likeness (QED) is 0.769. The standard InChI is InChI=1S/C11H19N3O2S/c1-3-15-5-4-10-13-11(16-14-10)8-6-17-7-9(8)12-2/h8-9,12H,3-7H2,1-2H3. The zero-order chi connectivity index (χ0) is 12.1. The molecule has 0 radical (unpaired) electrons. The van der Waals surface area contributed by atoms with Crippen LogP contribution in [0.2, 0.25) is 0 Å². The Hall–Kier alpha value is -0.590. The summed E-state index contributed by atoms with van der Waals surface area (Å²) in [7, 11) is 1.98. The minimum Gasteiger partial charge on any atom is -0.381 e. The van der Waals surface area contributed by atoms with Crippen LogP contribution in [-0.4, -0.2) is 47.9 Å². The van der Waals surface area contributed by atoms with Crippen LogP contribution < -0.4 is 5.32 Å². The molecule has 1 aliphatic rings. The van der Waals surface area contributed by atoms with Crippen molar-refractivity contribution in [2.45, 2.75) is 25.3 Å². The number of hydrogen-bond donors (Lipinski definition) is 1. The second-order valence-electron chi connectivity index (χ2n) is 4.03.